The fourth-order valence-electron chi connectivity index (χ4n) is 2.68. The number of benzene rings is 2. The van der Waals surface area contributed by atoms with Crippen LogP contribution in [0.2, 0.25) is 5.02 Å². The van der Waals surface area contributed by atoms with E-state index in [-0.39, 0.29) is 11.7 Å². The van der Waals surface area contributed by atoms with Crippen molar-refractivity contribution in [2.24, 2.45) is 0 Å². The van der Waals surface area contributed by atoms with Crippen LogP contribution < -0.4 is 14.4 Å². The summed E-state index contributed by atoms with van der Waals surface area (Å²) >= 11 is 5.82. The highest BCUT2D eigenvalue weighted by Gasteiger charge is 2.30. The molecule has 1 aliphatic heterocycles. The highest BCUT2D eigenvalue weighted by atomic mass is 35.5. The molecule has 132 valence electrons. The molecule has 1 N–H and O–H groups in total. The summed E-state index contributed by atoms with van der Waals surface area (Å²) in [5.74, 6) is 0.240. The number of carbonyl (C=O) groups is 1. The summed E-state index contributed by atoms with van der Waals surface area (Å²) in [6.07, 6.45) is 0.562. The molecule has 1 heterocycles. The Kier molecular flexibility index (Phi) is 4.87. The maximum atomic E-state index is 12.3. The molecule has 1 aliphatic rings. The number of sulfonamides is 1. The average molecular weight is 381 g/mol. The zero-order valence-electron chi connectivity index (χ0n) is 13.5. The van der Waals surface area contributed by atoms with Gasteiger partial charge in [-0.3, -0.25) is 9.10 Å². The monoisotopic (exact) mass is 380 g/mol. The zero-order valence-corrected chi connectivity index (χ0v) is 15.1. The molecule has 1 saturated heterocycles. The number of hydrogen-bond acceptors (Lipinski definition) is 4. The van der Waals surface area contributed by atoms with E-state index in [1.54, 1.807) is 42.5 Å². The van der Waals surface area contributed by atoms with Crippen LogP contribution in [0.25, 0.3) is 0 Å². The number of methoxy groups -OCH3 is 1. The number of hydrogen-bond donors (Lipinski definition) is 1. The third-order valence-electron chi connectivity index (χ3n) is 3.91. The number of rotatable bonds is 4. The van der Waals surface area contributed by atoms with Crippen LogP contribution in [0.3, 0.4) is 0 Å². The van der Waals surface area contributed by atoms with E-state index in [2.05, 4.69) is 5.32 Å². The zero-order chi connectivity index (χ0) is 18.0. The molecule has 0 saturated carbocycles. The number of nitrogens with zero attached hydrogens (tertiary/aromatic N) is 1. The molecule has 25 heavy (non-hydrogen) atoms. The van der Waals surface area contributed by atoms with Crippen LogP contribution in [0, 0.1) is 0 Å². The average Bonchev–Trinajstić information content (AvgIpc) is 2.94. The molecule has 8 heteroatoms. The summed E-state index contributed by atoms with van der Waals surface area (Å²) in [6.45, 7) is 0.396. The smallest absolute Gasteiger partial charge is 0.255 e. The molecule has 0 atom stereocenters. The minimum atomic E-state index is -3.35. The van der Waals surface area contributed by atoms with Crippen LogP contribution in [0.4, 0.5) is 11.4 Å². The second kappa shape index (κ2) is 6.93. The number of nitrogens with one attached hydrogen (secondary N) is 1. The lowest BCUT2D eigenvalue weighted by molar-refractivity contribution is 0.102. The van der Waals surface area contributed by atoms with E-state index in [9.17, 15) is 13.2 Å². The Bertz CT molecular complexity index is 897. The molecular weight excluding hydrogens is 364 g/mol. The van der Waals surface area contributed by atoms with Crippen molar-refractivity contribution >= 4 is 38.9 Å². The van der Waals surface area contributed by atoms with Gasteiger partial charge in [0.15, 0.2) is 0 Å². The fraction of sp³-hybridized carbons (Fsp3) is 0.235. The summed E-state index contributed by atoms with van der Waals surface area (Å²) in [4.78, 5) is 12.3. The second-order valence-corrected chi connectivity index (χ2v) is 8.04. The second-order valence-electron chi connectivity index (χ2n) is 5.59. The molecule has 2 aromatic rings. The molecule has 2 aromatic carbocycles. The van der Waals surface area contributed by atoms with Crippen LogP contribution in [0.15, 0.2) is 42.5 Å². The standard InChI is InChI=1S/C17H17ClN2O4S/c1-24-16-8-7-14(11-15(16)20-9-2-10-25(20,22)23)19-17(21)12-3-5-13(18)6-4-12/h3-8,11H,2,9-10H2,1H3,(H,19,21). The van der Waals surface area contributed by atoms with Crippen molar-refractivity contribution < 1.29 is 17.9 Å². The Morgan fingerprint density at radius 1 is 1.20 bits per heavy atom. The molecule has 0 aliphatic carbocycles. The van der Waals surface area contributed by atoms with E-state index in [1.165, 1.54) is 11.4 Å². The van der Waals surface area contributed by atoms with E-state index < -0.39 is 10.0 Å². The van der Waals surface area contributed by atoms with Gasteiger partial charge in [-0.1, -0.05) is 11.6 Å². The Morgan fingerprint density at radius 2 is 1.92 bits per heavy atom. The molecule has 0 radical (unpaired) electrons. The highest BCUT2D eigenvalue weighted by molar-refractivity contribution is 7.93. The van der Waals surface area contributed by atoms with Gasteiger partial charge in [0.2, 0.25) is 10.0 Å². The molecule has 0 spiro atoms. The summed E-state index contributed by atoms with van der Waals surface area (Å²) < 4.78 is 31.0. The molecule has 0 unspecified atom stereocenters. The van der Waals surface area contributed by atoms with Gasteiger partial charge in [-0.05, 0) is 48.9 Å². The Balaban J connectivity index is 1.89. The van der Waals surface area contributed by atoms with Gasteiger partial charge in [0, 0.05) is 22.8 Å². The predicted molar refractivity (Wildman–Crippen MR) is 98.1 cm³/mol. The number of anilines is 2. The van der Waals surface area contributed by atoms with Gasteiger partial charge in [-0.2, -0.15) is 0 Å². The number of halogens is 1. The molecule has 3 rings (SSSR count). The van der Waals surface area contributed by atoms with Crippen molar-refractivity contribution in [1.82, 2.24) is 0 Å². The third kappa shape index (κ3) is 3.72. The maximum absolute atomic E-state index is 12.3. The fourth-order valence-corrected chi connectivity index (χ4v) is 4.37. The number of amides is 1. The van der Waals surface area contributed by atoms with Gasteiger partial charge < -0.3 is 10.1 Å². The number of carbonyl (C=O) groups excluding carboxylic acids is 1. The first kappa shape index (κ1) is 17.6. The Hall–Kier alpha value is -2.25. The lowest BCUT2D eigenvalue weighted by atomic mass is 10.2. The lowest BCUT2D eigenvalue weighted by Gasteiger charge is -2.20. The van der Waals surface area contributed by atoms with E-state index in [0.717, 1.165) is 0 Å². The van der Waals surface area contributed by atoms with Gasteiger partial charge >= 0.3 is 0 Å². The van der Waals surface area contributed by atoms with Crippen molar-refractivity contribution in [2.45, 2.75) is 6.42 Å². The van der Waals surface area contributed by atoms with Gasteiger partial charge in [0.05, 0.1) is 18.6 Å². The summed E-state index contributed by atoms with van der Waals surface area (Å²) in [7, 11) is -1.87. The van der Waals surface area contributed by atoms with Crippen molar-refractivity contribution in [1.29, 1.82) is 0 Å². The summed E-state index contributed by atoms with van der Waals surface area (Å²) in [5.41, 5.74) is 1.36. The largest absolute Gasteiger partial charge is 0.495 e. The van der Waals surface area contributed by atoms with E-state index in [1.807, 2.05) is 0 Å². The Morgan fingerprint density at radius 3 is 2.52 bits per heavy atom. The minimum absolute atomic E-state index is 0.109. The molecule has 6 nitrogen and oxygen atoms in total. The summed E-state index contributed by atoms with van der Waals surface area (Å²) in [6, 6.07) is 11.4. The first-order valence-electron chi connectivity index (χ1n) is 7.66. The normalized spacial score (nSPS) is 15.8. The van der Waals surface area contributed by atoms with Crippen molar-refractivity contribution in [3.8, 4) is 5.75 Å². The maximum Gasteiger partial charge on any atom is 0.255 e. The third-order valence-corrected chi connectivity index (χ3v) is 6.02. The van der Waals surface area contributed by atoms with E-state index in [4.69, 9.17) is 16.3 Å². The van der Waals surface area contributed by atoms with Crippen LogP contribution in [-0.2, 0) is 10.0 Å². The van der Waals surface area contributed by atoms with Crippen molar-refractivity contribution in [3.05, 3.63) is 53.1 Å². The lowest BCUT2D eigenvalue weighted by Crippen LogP contribution is -2.25. The van der Waals surface area contributed by atoms with Crippen LogP contribution in [0.1, 0.15) is 16.8 Å². The molecule has 0 bridgehead atoms. The Labute approximate surface area is 151 Å². The quantitative estimate of drug-likeness (QED) is 0.884. The van der Waals surface area contributed by atoms with Gasteiger partial charge in [-0.15, -0.1) is 0 Å². The van der Waals surface area contributed by atoms with Crippen LogP contribution >= 0.6 is 11.6 Å². The predicted octanol–water partition coefficient (Wildman–Crippen LogP) is 3.14. The van der Waals surface area contributed by atoms with E-state index in [0.29, 0.717) is 40.7 Å². The van der Waals surface area contributed by atoms with Gasteiger partial charge in [0.1, 0.15) is 5.75 Å². The van der Waals surface area contributed by atoms with Crippen molar-refractivity contribution in [3.63, 3.8) is 0 Å². The minimum Gasteiger partial charge on any atom is -0.495 e. The van der Waals surface area contributed by atoms with Crippen molar-refractivity contribution in [2.75, 3.05) is 29.0 Å². The highest BCUT2D eigenvalue weighted by Crippen LogP contribution is 2.35. The van der Waals surface area contributed by atoms with E-state index >= 15 is 0 Å². The molecule has 1 fully saturated rings. The van der Waals surface area contributed by atoms with Crippen LogP contribution in [0.5, 0.6) is 5.75 Å². The molecular formula is C17H17ClN2O4S. The SMILES string of the molecule is COc1ccc(NC(=O)c2ccc(Cl)cc2)cc1N1CCCS1(=O)=O. The molecule has 1 amide bonds. The van der Waals surface area contributed by atoms with Gasteiger partial charge in [-0.25, -0.2) is 8.42 Å². The topological polar surface area (TPSA) is 75.7 Å². The summed E-state index contributed by atoms with van der Waals surface area (Å²) in [5, 5.41) is 3.31. The number of ether oxygens (including phenoxy) is 1. The molecule has 0 aromatic heterocycles. The van der Waals surface area contributed by atoms with Gasteiger partial charge in [0.25, 0.3) is 5.91 Å². The van der Waals surface area contributed by atoms with Crippen LogP contribution in [-0.4, -0.2) is 33.7 Å². The first-order chi connectivity index (χ1) is 11.9. The first-order valence-corrected chi connectivity index (χ1v) is 9.65.